The van der Waals surface area contributed by atoms with Gasteiger partial charge in [0, 0.05) is 5.56 Å². The lowest BCUT2D eigenvalue weighted by Crippen LogP contribution is -2.12. The quantitative estimate of drug-likeness (QED) is 0.481. The summed E-state index contributed by atoms with van der Waals surface area (Å²) >= 11 is 1.07. The van der Waals surface area contributed by atoms with Gasteiger partial charge in [-0.15, -0.1) is 0 Å². The van der Waals surface area contributed by atoms with E-state index < -0.39 is 0 Å². The highest BCUT2D eigenvalue weighted by Gasteiger charge is 2.13. The number of carbonyl (C=O) groups is 1. The van der Waals surface area contributed by atoms with Crippen LogP contribution in [0.5, 0.6) is 0 Å². The van der Waals surface area contributed by atoms with Gasteiger partial charge < -0.3 is 5.73 Å². The van der Waals surface area contributed by atoms with Crippen molar-refractivity contribution in [2.24, 2.45) is 5.73 Å². The SMILES string of the molecule is Cc1cc(C)c(C(=O)CSC(=N)N)c(C)c1. The van der Waals surface area contributed by atoms with E-state index in [0.717, 1.165) is 34.0 Å². The summed E-state index contributed by atoms with van der Waals surface area (Å²) in [6.07, 6.45) is 0. The number of nitrogens with one attached hydrogen (secondary N) is 1. The highest BCUT2D eigenvalue weighted by Crippen LogP contribution is 2.18. The van der Waals surface area contributed by atoms with E-state index in [1.54, 1.807) is 0 Å². The molecular formula is C12H16N2OS. The minimum atomic E-state index is -0.0178. The lowest BCUT2D eigenvalue weighted by molar-refractivity contribution is 0.102. The Morgan fingerprint density at radius 2 is 1.81 bits per heavy atom. The number of hydrogen-bond acceptors (Lipinski definition) is 3. The number of amidine groups is 1. The summed E-state index contributed by atoms with van der Waals surface area (Å²) in [5.74, 6) is 0.273. The Hall–Kier alpha value is -1.29. The highest BCUT2D eigenvalue weighted by atomic mass is 32.2. The van der Waals surface area contributed by atoms with Crippen molar-refractivity contribution >= 4 is 22.7 Å². The Bertz CT molecular complexity index is 418. The largest absolute Gasteiger partial charge is 0.379 e. The van der Waals surface area contributed by atoms with Gasteiger partial charge in [0.05, 0.1) is 5.75 Å². The Morgan fingerprint density at radius 1 is 1.31 bits per heavy atom. The van der Waals surface area contributed by atoms with E-state index in [-0.39, 0.29) is 16.7 Å². The summed E-state index contributed by atoms with van der Waals surface area (Å²) in [5, 5.41) is 7.06. The van der Waals surface area contributed by atoms with Crippen molar-refractivity contribution in [3.63, 3.8) is 0 Å². The molecule has 0 saturated heterocycles. The van der Waals surface area contributed by atoms with Gasteiger partial charge in [0.25, 0.3) is 0 Å². The summed E-state index contributed by atoms with van der Waals surface area (Å²) in [4.78, 5) is 11.9. The molecule has 0 bridgehead atoms. The standard InChI is InChI=1S/C12H16N2OS/c1-7-4-8(2)11(9(3)5-7)10(15)6-16-12(13)14/h4-5H,6H2,1-3H3,(H3,13,14). The zero-order chi connectivity index (χ0) is 12.3. The maximum Gasteiger partial charge on any atom is 0.173 e. The molecule has 0 aliphatic heterocycles. The normalized spacial score (nSPS) is 10.2. The fourth-order valence-electron chi connectivity index (χ4n) is 1.84. The number of aryl methyl sites for hydroxylation is 3. The molecule has 0 aliphatic rings. The van der Waals surface area contributed by atoms with Crippen LogP contribution < -0.4 is 5.73 Å². The van der Waals surface area contributed by atoms with Crippen LogP contribution in [0.25, 0.3) is 0 Å². The number of carbonyl (C=O) groups excluding carboxylic acids is 1. The van der Waals surface area contributed by atoms with Gasteiger partial charge in [-0.3, -0.25) is 10.2 Å². The summed E-state index contributed by atoms with van der Waals surface area (Å²) in [5.41, 5.74) is 9.12. The van der Waals surface area contributed by atoms with Gasteiger partial charge in [0.2, 0.25) is 0 Å². The molecule has 0 saturated carbocycles. The zero-order valence-electron chi connectivity index (χ0n) is 9.76. The zero-order valence-corrected chi connectivity index (χ0v) is 10.6. The van der Waals surface area contributed by atoms with Crippen LogP contribution in [0.15, 0.2) is 12.1 Å². The Morgan fingerprint density at radius 3 is 2.25 bits per heavy atom. The van der Waals surface area contributed by atoms with E-state index in [2.05, 4.69) is 0 Å². The number of thioether (sulfide) groups is 1. The van der Waals surface area contributed by atoms with Crippen LogP contribution in [0.4, 0.5) is 0 Å². The molecule has 4 heteroatoms. The number of ketones is 1. The molecule has 0 unspecified atom stereocenters. The molecule has 1 aromatic carbocycles. The number of rotatable bonds is 3. The minimum Gasteiger partial charge on any atom is -0.379 e. The van der Waals surface area contributed by atoms with Gasteiger partial charge in [0.1, 0.15) is 0 Å². The van der Waals surface area contributed by atoms with Crippen LogP contribution in [0.3, 0.4) is 0 Å². The average molecular weight is 236 g/mol. The summed E-state index contributed by atoms with van der Waals surface area (Å²) in [6.45, 7) is 5.88. The third kappa shape index (κ3) is 3.10. The molecule has 1 rings (SSSR count). The molecular weight excluding hydrogens is 220 g/mol. The molecule has 86 valence electrons. The van der Waals surface area contributed by atoms with E-state index in [4.69, 9.17) is 11.1 Å². The summed E-state index contributed by atoms with van der Waals surface area (Å²) < 4.78 is 0. The second-order valence-electron chi connectivity index (χ2n) is 3.85. The van der Waals surface area contributed by atoms with Crippen molar-refractivity contribution in [1.29, 1.82) is 5.41 Å². The van der Waals surface area contributed by atoms with Gasteiger partial charge in [-0.05, 0) is 31.9 Å². The van der Waals surface area contributed by atoms with E-state index in [1.165, 1.54) is 0 Å². The molecule has 0 fully saturated rings. The van der Waals surface area contributed by atoms with E-state index in [1.807, 2.05) is 32.9 Å². The van der Waals surface area contributed by atoms with E-state index in [0.29, 0.717) is 0 Å². The first-order valence-electron chi connectivity index (χ1n) is 4.99. The van der Waals surface area contributed by atoms with Crippen LogP contribution in [-0.2, 0) is 0 Å². The van der Waals surface area contributed by atoms with Crippen LogP contribution in [-0.4, -0.2) is 16.7 Å². The summed E-state index contributed by atoms with van der Waals surface area (Å²) in [6, 6.07) is 4.00. The first-order chi connectivity index (χ1) is 7.41. The van der Waals surface area contributed by atoms with E-state index in [9.17, 15) is 4.79 Å². The molecule has 0 spiro atoms. The third-order valence-electron chi connectivity index (χ3n) is 2.31. The molecule has 0 aromatic heterocycles. The maximum atomic E-state index is 11.9. The number of Topliss-reactive ketones (excluding diaryl/α,β-unsaturated/α-hetero) is 1. The Labute approximate surface area is 99.9 Å². The van der Waals surface area contributed by atoms with Crippen molar-refractivity contribution in [2.45, 2.75) is 20.8 Å². The molecule has 3 nitrogen and oxygen atoms in total. The highest BCUT2D eigenvalue weighted by molar-refractivity contribution is 8.14. The molecule has 1 aromatic rings. The van der Waals surface area contributed by atoms with Crippen molar-refractivity contribution in [1.82, 2.24) is 0 Å². The topological polar surface area (TPSA) is 66.9 Å². The Kier molecular flexibility index (Phi) is 4.12. The minimum absolute atomic E-state index is 0.0178. The van der Waals surface area contributed by atoms with Gasteiger partial charge >= 0.3 is 0 Å². The van der Waals surface area contributed by atoms with Crippen molar-refractivity contribution in [3.05, 3.63) is 34.4 Å². The van der Waals surface area contributed by atoms with Crippen LogP contribution in [0.2, 0.25) is 0 Å². The van der Waals surface area contributed by atoms with Gasteiger partial charge in [-0.25, -0.2) is 0 Å². The summed E-state index contributed by atoms with van der Waals surface area (Å²) in [7, 11) is 0. The van der Waals surface area contributed by atoms with Crippen LogP contribution >= 0.6 is 11.8 Å². The fourth-order valence-corrected chi connectivity index (χ4v) is 2.27. The van der Waals surface area contributed by atoms with Crippen LogP contribution in [0.1, 0.15) is 27.0 Å². The first kappa shape index (κ1) is 12.8. The monoisotopic (exact) mass is 236 g/mol. The number of hydrogen-bond donors (Lipinski definition) is 2. The molecule has 0 atom stereocenters. The second-order valence-corrected chi connectivity index (χ2v) is 4.87. The van der Waals surface area contributed by atoms with Crippen molar-refractivity contribution in [3.8, 4) is 0 Å². The third-order valence-corrected chi connectivity index (χ3v) is 3.03. The molecule has 0 radical (unpaired) electrons. The molecule has 0 heterocycles. The molecule has 3 N–H and O–H groups in total. The lowest BCUT2D eigenvalue weighted by atomic mass is 9.97. The number of nitrogens with two attached hydrogens (primary N) is 1. The second kappa shape index (κ2) is 5.16. The number of benzene rings is 1. The van der Waals surface area contributed by atoms with Gasteiger partial charge in [-0.2, -0.15) is 0 Å². The smallest absolute Gasteiger partial charge is 0.173 e. The molecule has 16 heavy (non-hydrogen) atoms. The van der Waals surface area contributed by atoms with E-state index >= 15 is 0 Å². The maximum absolute atomic E-state index is 11.9. The predicted molar refractivity (Wildman–Crippen MR) is 69.4 cm³/mol. The lowest BCUT2D eigenvalue weighted by Gasteiger charge is -2.09. The molecule has 0 aliphatic carbocycles. The average Bonchev–Trinajstić information content (AvgIpc) is 2.12. The van der Waals surface area contributed by atoms with Gasteiger partial charge in [-0.1, -0.05) is 29.5 Å². The Balaban J connectivity index is 2.95. The molecule has 0 amide bonds. The van der Waals surface area contributed by atoms with Crippen molar-refractivity contribution in [2.75, 3.05) is 5.75 Å². The van der Waals surface area contributed by atoms with Crippen LogP contribution in [0, 0.1) is 26.2 Å². The van der Waals surface area contributed by atoms with Crippen molar-refractivity contribution < 1.29 is 4.79 Å². The van der Waals surface area contributed by atoms with Gasteiger partial charge in [0.15, 0.2) is 11.0 Å². The predicted octanol–water partition coefficient (Wildman–Crippen LogP) is 2.42. The fraction of sp³-hybridized carbons (Fsp3) is 0.333. The first-order valence-corrected chi connectivity index (χ1v) is 5.98.